The van der Waals surface area contributed by atoms with Crippen LogP contribution in [0.2, 0.25) is 0 Å². The first kappa shape index (κ1) is 15.5. The molecule has 0 atom stereocenters. The highest BCUT2D eigenvalue weighted by Gasteiger charge is 2.44. The van der Waals surface area contributed by atoms with Crippen molar-refractivity contribution in [1.29, 1.82) is 0 Å². The van der Waals surface area contributed by atoms with Crippen LogP contribution < -0.4 is 5.73 Å². The Morgan fingerprint density at radius 1 is 1.43 bits per heavy atom. The van der Waals surface area contributed by atoms with E-state index in [1.54, 1.807) is 10.8 Å². The molecule has 2 aliphatic rings. The number of allylic oxidation sites excluding steroid dienone is 1. The van der Waals surface area contributed by atoms with E-state index in [-0.39, 0.29) is 10.4 Å². The number of rotatable bonds is 4. The van der Waals surface area contributed by atoms with Gasteiger partial charge in [-0.05, 0) is 14.1 Å². The monoisotopic (exact) mass is 293 g/mol. The van der Waals surface area contributed by atoms with E-state index in [4.69, 9.17) is 5.73 Å². The van der Waals surface area contributed by atoms with Crippen LogP contribution in [0.5, 0.6) is 0 Å². The summed E-state index contributed by atoms with van der Waals surface area (Å²) in [5, 5.41) is 0. The predicted molar refractivity (Wildman–Crippen MR) is 79.8 cm³/mol. The number of hydrogen-bond acceptors (Lipinski definition) is 4. The van der Waals surface area contributed by atoms with Gasteiger partial charge >= 0.3 is 11.8 Å². The van der Waals surface area contributed by atoms with Crippen molar-refractivity contribution in [3.05, 3.63) is 11.4 Å². The Kier molecular flexibility index (Phi) is 4.06. The minimum atomic E-state index is -0.520. The fourth-order valence-corrected chi connectivity index (χ4v) is 2.66. The SMILES string of the molecule is CN(C)CCC(=O)[N+]1=CC2=C(CC1)[N+](C)(C)C(C(N)=O)=N2. The first-order chi connectivity index (χ1) is 9.73. The molecule has 114 valence electrons. The summed E-state index contributed by atoms with van der Waals surface area (Å²) < 4.78 is 1.97. The summed E-state index contributed by atoms with van der Waals surface area (Å²) >= 11 is 0. The van der Waals surface area contributed by atoms with Gasteiger partial charge in [-0.15, -0.1) is 0 Å². The summed E-state index contributed by atoms with van der Waals surface area (Å²) in [6.07, 6.45) is 2.91. The molecule has 2 N–H and O–H groups in total. The van der Waals surface area contributed by atoms with Crippen LogP contribution in [0.4, 0.5) is 0 Å². The molecule has 0 aromatic rings. The third-order valence-electron chi connectivity index (χ3n) is 3.91. The number of amides is 2. The first-order valence-electron chi connectivity index (χ1n) is 6.99. The van der Waals surface area contributed by atoms with Crippen LogP contribution in [-0.4, -0.2) is 79.1 Å². The standard InChI is InChI=1S/C14H22N5O2/c1-17(2)7-6-12(20)18-8-5-11-10(9-18)16-14(13(15)21)19(11,3)4/h9H,5-8H2,1-4H3,(H-,15,21)/q+1/p+1. The molecule has 0 fully saturated rings. The highest BCUT2D eigenvalue weighted by molar-refractivity contribution is 6.35. The molecule has 0 bridgehead atoms. The van der Waals surface area contributed by atoms with E-state index in [2.05, 4.69) is 4.99 Å². The zero-order chi connectivity index (χ0) is 15.8. The van der Waals surface area contributed by atoms with Crippen molar-refractivity contribution in [3.8, 4) is 0 Å². The van der Waals surface area contributed by atoms with Crippen molar-refractivity contribution >= 4 is 23.9 Å². The second-order valence-electron chi connectivity index (χ2n) is 6.10. The molecular formula is C14H23N5O2+2. The number of quaternary nitrogens is 1. The zero-order valence-electron chi connectivity index (χ0n) is 13.1. The summed E-state index contributed by atoms with van der Waals surface area (Å²) in [6.45, 7) is 1.33. The van der Waals surface area contributed by atoms with E-state index >= 15 is 0 Å². The lowest BCUT2D eigenvalue weighted by atomic mass is 10.1. The molecule has 0 aromatic heterocycles. The van der Waals surface area contributed by atoms with Gasteiger partial charge in [-0.3, -0.25) is 4.79 Å². The van der Waals surface area contributed by atoms with Gasteiger partial charge in [-0.1, -0.05) is 0 Å². The van der Waals surface area contributed by atoms with Gasteiger partial charge in [-0.2, -0.15) is 9.57 Å². The molecule has 0 radical (unpaired) electrons. The number of carbonyl (C=O) groups excluding carboxylic acids is 2. The highest BCUT2D eigenvalue weighted by atomic mass is 16.2. The average Bonchev–Trinajstić information content (AvgIpc) is 2.67. The number of aliphatic imine (C=N–C) groups is 1. The highest BCUT2D eigenvalue weighted by Crippen LogP contribution is 2.29. The van der Waals surface area contributed by atoms with Crippen LogP contribution in [0, 0.1) is 0 Å². The van der Waals surface area contributed by atoms with Crippen molar-refractivity contribution in [2.75, 3.05) is 41.3 Å². The van der Waals surface area contributed by atoms with Gasteiger partial charge in [0.1, 0.15) is 0 Å². The van der Waals surface area contributed by atoms with Crippen molar-refractivity contribution in [1.82, 2.24) is 4.90 Å². The second kappa shape index (κ2) is 5.50. The summed E-state index contributed by atoms with van der Waals surface area (Å²) in [4.78, 5) is 30.0. The van der Waals surface area contributed by atoms with E-state index in [1.807, 2.05) is 33.1 Å². The van der Waals surface area contributed by atoms with Crippen molar-refractivity contribution in [2.45, 2.75) is 12.8 Å². The summed E-state index contributed by atoms with van der Waals surface area (Å²) in [7, 11) is 7.66. The Labute approximate surface area is 124 Å². The number of primary amides is 1. The number of nitrogens with two attached hydrogens (primary N) is 1. The predicted octanol–water partition coefficient (Wildman–Crippen LogP) is -0.863. The number of amidine groups is 1. The molecule has 0 saturated carbocycles. The van der Waals surface area contributed by atoms with E-state index < -0.39 is 5.91 Å². The van der Waals surface area contributed by atoms with Crippen LogP contribution >= 0.6 is 0 Å². The second-order valence-corrected chi connectivity index (χ2v) is 6.10. The molecule has 21 heavy (non-hydrogen) atoms. The smallest absolute Gasteiger partial charge is 0.359 e. The Balaban J connectivity index is 2.23. The van der Waals surface area contributed by atoms with Crippen molar-refractivity contribution in [2.24, 2.45) is 10.7 Å². The maximum Gasteiger partial charge on any atom is 0.388 e. The molecule has 2 aliphatic heterocycles. The average molecular weight is 293 g/mol. The molecule has 2 heterocycles. The van der Waals surface area contributed by atoms with E-state index in [0.29, 0.717) is 37.5 Å². The fraction of sp³-hybridized carbons (Fsp3) is 0.571. The maximum absolute atomic E-state index is 12.2. The van der Waals surface area contributed by atoms with Gasteiger partial charge in [0.2, 0.25) is 6.21 Å². The van der Waals surface area contributed by atoms with Crippen LogP contribution in [0.1, 0.15) is 12.8 Å². The zero-order valence-corrected chi connectivity index (χ0v) is 13.1. The summed E-state index contributed by atoms with van der Waals surface area (Å²) in [6, 6.07) is 0. The molecule has 7 nitrogen and oxygen atoms in total. The Bertz CT molecular complexity index is 584. The summed E-state index contributed by atoms with van der Waals surface area (Å²) in [5.41, 5.74) is 7.11. The van der Waals surface area contributed by atoms with Crippen LogP contribution in [-0.2, 0) is 9.59 Å². The number of carbonyl (C=O) groups is 2. The van der Waals surface area contributed by atoms with E-state index in [1.165, 1.54) is 0 Å². The van der Waals surface area contributed by atoms with Crippen LogP contribution in [0.3, 0.4) is 0 Å². The van der Waals surface area contributed by atoms with Gasteiger partial charge in [0.15, 0.2) is 17.9 Å². The van der Waals surface area contributed by atoms with Gasteiger partial charge in [0, 0.05) is 6.54 Å². The molecule has 0 unspecified atom stereocenters. The first-order valence-corrected chi connectivity index (χ1v) is 6.99. The molecule has 0 aliphatic carbocycles. The third-order valence-corrected chi connectivity index (χ3v) is 3.91. The number of hydrogen-bond donors (Lipinski definition) is 1. The molecule has 0 spiro atoms. The van der Waals surface area contributed by atoms with Gasteiger partial charge in [-0.25, -0.2) is 9.28 Å². The normalized spacial score (nSPS) is 20.2. The van der Waals surface area contributed by atoms with Gasteiger partial charge in [0.25, 0.3) is 5.84 Å². The molecule has 0 aromatic carbocycles. The van der Waals surface area contributed by atoms with E-state index in [0.717, 1.165) is 5.70 Å². The van der Waals surface area contributed by atoms with Crippen LogP contribution in [0.15, 0.2) is 16.4 Å². The lowest BCUT2D eigenvalue weighted by Gasteiger charge is -2.26. The molecule has 2 rings (SSSR count). The Morgan fingerprint density at radius 2 is 2.10 bits per heavy atom. The number of likely N-dealkylation sites (N-methyl/N-ethyl adjacent to an activating group) is 1. The fourth-order valence-electron chi connectivity index (χ4n) is 2.66. The number of nitrogens with zero attached hydrogens (tertiary/aromatic N) is 4. The minimum Gasteiger partial charge on any atom is -0.359 e. The lowest BCUT2D eigenvalue weighted by molar-refractivity contribution is -0.756. The molecule has 0 saturated heterocycles. The van der Waals surface area contributed by atoms with Gasteiger partial charge in [0.05, 0.1) is 26.9 Å². The van der Waals surface area contributed by atoms with Crippen LogP contribution in [0.25, 0.3) is 0 Å². The quantitative estimate of drug-likeness (QED) is 0.541. The third kappa shape index (κ3) is 2.93. The lowest BCUT2D eigenvalue weighted by Crippen LogP contribution is -2.49. The maximum atomic E-state index is 12.2. The Hall–Kier alpha value is -1.86. The van der Waals surface area contributed by atoms with Gasteiger partial charge < -0.3 is 10.6 Å². The molecule has 2 amide bonds. The largest absolute Gasteiger partial charge is 0.388 e. The molecule has 7 heteroatoms. The Morgan fingerprint density at radius 3 is 2.67 bits per heavy atom. The minimum absolute atomic E-state index is 0.0725. The topological polar surface area (TPSA) is 78.8 Å². The van der Waals surface area contributed by atoms with Crippen molar-refractivity contribution in [3.63, 3.8) is 0 Å². The molecular weight excluding hydrogens is 270 g/mol. The van der Waals surface area contributed by atoms with Crippen molar-refractivity contribution < 1.29 is 18.6 Å². The van der Waals surface area contributed by atoms with E-state index in [9.17, 15) is 9.59 Å². The summed E-state index contributed by atoms with van der Waals surface area (Å²) in [5.74, 6) is -0.129.